The molecular formula is C13H11ClN2O. The average Bonchev–Trinajstić information content (AvgIpc) is 2.33. The third-order valence-electron chi connectivity index (χ3n) is 2.34. The van der Waals surface area contributed by atoms with Crippen LogP contribution < -0.4 is 0 Å². The molecule has 0 aliphatic heterocycles. The van der Waals surface area contributed by atoms with Crippen molar-refractivity contribution in [3.05, 3.63) is 58.6 Å². The van der Waals surface area contributed by atoms with Crippen LogP contribution in [0, 0.1) is 6.92 Å². The molecule has 0 aliphatic rings. The van der Waals surface area contributed by atoms with Crippen molar-refractivity contribution >= 4 is 17.4 Å². The Morgan fingerprint density at radius 3 is 2.53 bits per heavy atom. The summed E-state index contributed by atoms with van der Waals surface area (Å²) in [7, 11) is 0. The van der Waals surface area contributed by atoms with Crippen LogP contribution in [0.5, 0.6) is 0 Å². The maximum absolute atomic E-state index is 11.9. The summed E-state index contributed by atoms with van der Waals surface area (Å²) in [5.74, 6) is 0.105. The van der Waals surface area contributed by atoms with Crippen molar-refractivity contribution < 1.29 is 4.79 Å². The molecule has 0 atom stereocenters. The van der Waals surface area contributed by atoms with Crippen LogP contribution in [0.1, 0.15) is 21.7 Å². The quantitative estimate of drug-likeness (QED) is 0.782. The van der Waals surface area contributed by atoms with Crippen LogP contribution in [0.3, 0.4) is 0 Å². The lowest BCUT2D eigenvalue weighted by atomic mass is 10.1. The zero-order valence-electron chi connectivity index (χ0n) is 9.35. The van der Waals surface area contributed by atoms with E-state index in [4.69, 9.17) is 11.6 Å². The van der Waals surface area contributed by atoms with Gasteiger partial charge in [-0.15, -0.1) is 0 Å². The number of carbonyl (C=O) groups is 1. The first-order chi connectivity index (χ1) is 8.16. The van der Waals surface area contributed by atoms with Crippen LogP contribution in [-0.4, -0.2) is 15.8 Å². The van der Waals surface area contributed by atoms with Gasteiger partial charge in [-0.2, -0.15) is 0 Å². The molecular weight excluding hydrogens is 236 g/mol. The Morgan fingerprint density at radius 1 is 1.24 bits per heavy atom. The van der Waals surface area contributed by atoms with Crippen LogP contribution in [-0.2, 0) is 6.42 Å². The van der Waals surface area contributed by atoms with Crippen molar-refractivity contribution in [1.29, 1.82) is 0 Å². The lowest BCUT2D eigenvalue weighted by Gasteiger charge is -2.02. The van der Waals surface area contributed by atoms with Crippen molar-refractivity contribution in [1.82, 2.24) is 9.97 Å². The molecule has 0 unspecified atom stereocenters. The fourth-order valence-electron chi connectivity index (χ4n) is 1.43. The molecule has 17 heavy (non-hydrogen) atoms. The summed E-state index contributed by atoms with van der Waals surface area (Å²) in [6.07, 6.45) is 3.49. The molecule has 86 valence electrons. The first-order valence-corrected chi connectivity index (χ1v) is 5.60. The van der Waals surface area contributed by atoms with Crippen molar-refractivity contribution in [2.75, 3.05) is 0 Å². The molecule has 0 aliphatic carbocycles. The van der Waals surface area contributed by atoms with E-state index in [1.54, 1.807) is 18.5 Å². The second-order valence-electron chi connectivity index (χ2n) is 3.78. The van der Waals surface area contributed by atoms with Crippen molar-refractivity contribution in [3.8, 4) is 0 Å². The normalized spacial score (nSPS) is 10.2. The molecule has 0 spiro atoms. The highest BCUT2D eigenvalue weighted by Crippen LogP contribution is 2.16. The minimum atomic E-state index is -0.127. The number of ketones is 1. The smallest absolute Gasteiger partial charge is 0.204 e. The number of carbonyl (C=O) groups excluding carboxylic acids is 1. The SMILES string of the molecule is Cc1cnc(C(=O)Cc2ccccc2Cl)nc1. The summed E-state index contributed by atoms with van der Waals surface area (Å²) in [6, 6.07) is 7.28. The highest BCUT2D eigenvalue weighted by atomic mass is 35.5. The Labute approximate surface area is 104 Å². The third kappa shape index (κ3) is 2.88. The predicted octanol–water partition coefficient (Wildman–Crippen LogP) is 2.86. The van der Waals surface area contributed by atoms with Gasteiger partial charge in [0.2, 0.25) is 5.78 Å². The molecule has 0 N–H and O–H groups in total. The third-order valence-corrected chi connectivity index (χ3v) is 2.71. The molecule has 0 fully saturated rings. The Hall–Kier alpha value is -1.74. The van der Waals surface area contributed by atoms with Gasteiger partial charge >= 0.3 is 0 Å². The van der Waals surface area contributed by atoms with E-state index in [2.05, 4.69) is 9.97 Å². The number of benzene rings is 1. The summed E-state index contributed by atoms with van der Waals surface area (Å²) in [5, 5.41) is 0.591. The van der Waals surface area contributed by atoms with Crippen LogP contribution in [0.15, 0.2) is 36.7 Å². The summed E-state index contributed by atoms with van der Waals surface area (Å²) >= 11 is 5.99. The van der Waals surface area contributed by atoms with Gasteiger partial charge in [0.25, 0.3) is 0 Å². The maximum atomic E-state index is 11.9. The molecule has 0 radical (unpaired) electrons. The van der Waals surface area contributed by atoms with E-state index < -0.39 is 0 Å². The van der Waals surface area contributed by atoms with E-state index in [1.165, 1.54) is 0 Å². The Balaban J connectivity index is 2.17. The zero-order chi connectivity index (χ0) is 12.3. The predicted molar refractivity (Wildman–Crippen MR) is 66.3 cm³/mol. The molecule has 0 amide bonds. The minimum Gasteiger partial charge on any atom is -0.290 e. The summed E-state index contributed by atoms with van der Waals surface area (Å²) < 4.78 is 0. The second-order valence-corrected chi connectivity index (χ2v) is 4.18. The van der Waals surface area contributed by atoms with Gasteiger partial charge in [-0.05, 0) is 24.1 Å². The Kier molecular flexibility index (Phi) is 3.49. The zero-order valence-corrected chi connectivity index (χ0v) is 10.1. The molecule has 2 aromatic rings. The van der Waals surface area contributed by atoms with Gasteiger partial charge < -0.3 is 0 Å². The first kappa shape index (κ1) is 11.7. The van der Waals surface area contributed by atoms with Crippen LogP contribution >= 0.6 is 11.6 Å². The molecule has 1 aromatic carbocycles. The molecule has 4 heteroatoms. The number of halogens is 1. The van der Waals surface area contributed by atoms with Crippen LogP contribution in [0.25, 0.3) is 0 Å². The molecule has 3 nitrogen and oxygen atoms in total. The minimum absolute atomic E-state index is 0.127. The van der Waals surface area contributed by atoms with Crippen molar-refractivity contribution in [2.24, 2.45) is 0 Å². The molecule has 1 aromatic heterocycles. The number of nitrogens with zero attached hydrogens (tertiary/aromatic N) is 2. The van der Waals surface area contributed by atoms with E-state index in [-0.39, 0.29) is 18.0 Å². The van der Waals surface area contributed by atoms with Crippen molar-refractivity contribution in [3.63, 3.8) is 0 Å². The van der Waals surface area contributed by atoms with Crippen LogP contribution in [0.2, 0.25) is 5.02 Å². The second kappa shape index (κ2) is 5.06. The van der Waals surface area contributed by atoms with Gasteiger partial charge in [-0.3, -0.25) is 4.79 Å². The van der Waals surface area contributed by atoms with E-state index in [1.807, 2.05) is 25.1 Å². The van der Waals surface area contributed by atoms with Gasteiger partial charge in [0.15, 0.2) is 5.82 Å². The summed E-state index contributed by atoms with van der Waals surface area (Å²) in [5.41, 5.74) is 1.72. The van der Waals surface area contributed by atoms with Gasteiger partial charge in [0.05, 0.1) is 0 Å². The monoisotopic (exact) mass is 246 g/mol. The molecule has 0 bridgehead atoms. The van der Waals surface area contributed by atoms with Gasteiger partial charge in [0, 0.05) is 23.8 Å². The van der Waals surface area contributed by atoms with E-state index >= 15 is 0 Å². The largest absolute Gasteiger partial charge is 0.290 e. The summed E-state index contributed by atoms with van der Waals surface area (Å²) in [6.45, 7) is 1.88. The van der Waals surface area contributed by atoms with Crippen molar-refractivity contribution in [2.45, 2.75) is 13.3 Å². The lowest BCUT2D eigenvalue weighted by molar-refractivity contribution is 0.0983. The van der Waals surface area contributed by atoms with Gasteiger partial charge in [0.1, 0.15) is 0 Å². The molecule has 1 heterocycles. The van der Waals surface area contributed by atoms with Crippen LogP contribution in [0.4, 0.5) is 0 Å². The molecule has 0 saturated heterocycles. The number of rotatable bonds is 3. The molecule has 2 rings (SSSR count). The number of hydrogen-bond donors (Lipinski definition) is 0. The Morgan fingerprint density at radius 2 is 1.88 bits per heavy atom. The number of aryl methyl sites for hydroxylation is 1. The fourth-order valence-corrected chi connectivity index (χ4v) is 1.63. The van der Waals surface area contributed by atoms with E-state index in [9.17, 15) is 4.79 Å². The topological polar surface area (TPSA) is 42.9 Å². The highest BCUT2D eigenvalue weighted by Gasteiger charge is 2.11. The number of Topliss-reactive ketones (excluding diaryl/α,β-unsaturated/α-hetero) is 1. The lowest BCUT2D eigenvalue weighted by Crippen LogP contribution is -2.08. The standard InChI is InChI=1S/C13H11ClN2O/c1-9-7-15-13(16-8-9)12(17)6-10-4-2-3-5-11(10)14/h2-5,7-8H,6H2,1H3. The number of hydrogen-bond acceptors (Lipinski definition) is 3. The van der Waals surface area contributed by atoms with Gasteiger partial charge in [-0.1, -0.05) is 29.8 Å². The summed E-state index contributed by atoms with van der Waals surface area (Å²) in [4.78, 5) is 19.9. The molecule has 0 saturated carbocycles. The van der Waals surface area contributed by atoms with E-state index in [0.717, 1.165) is 11.1 Å². The van der Waals surface area contributed by atoms with E-state index in [0.29, 0.717) is 5.02 Å². The Bertz CT molecular complexity index is 537. The fraction of sp³-hybridized carbons (Fsp3) is 0.154. The number of aromatic nitrogens is 2. The van der Waals surface area contributed by atoms with Gasteiger partial charge in [-0.25, -0.2) is 9.97 Å². The maximum Gasteiger partial charge on any atom is 0.204 e. The first-order valence-electron chi connectivity index (χ1n) is 5.22. The highest BCUT2D eigenvalue weighted by molar-refractivity contribution is 6.31. The average molecular weight is 247 g/mol.